The quantitative estimate of drug-likeness (QED) is 0.773. The molecule has 1 aromatic heterocycles. The second-order valence-electron chi connectivity index (χ2n) is 5.56. The van der Waals surface area contributed by atoms with Gasteiger partial charge in [-0.3, -0.25) is 4.68 Å². The van der Waals surface area contributed by atoms with Gasteiger partial charge in [-0.05, 0) is 34.6 Å². The van der Waals surface area contributed by atoms with Crippen molar-refractivity contribution in [2.24, 2.45) is 0 Å². The molecule has 0 radical (unpaired) electrons. The van der Waals surface area contributed by atoms with Gasteiger partial charge in [0.1, 0.15) is 0 Å². The number of hydrogen-bond donors (Lipinski definition) is 1. The zero-order chi connectivity index (χ0) is 12.9. The molecule has 0 atom stereocenters. The third-order valence-electron chi connectivity index (χ3n) is 2.38. The van der Waals surface area contributed by atoms with Crippen LogP contribution in [-0.2, 0) is 16.8 Å². The molecule has 0 saturated heterocycles. The fourth-order valence-corrected chi connectivity index (χ4v) is 1.42. The monoisotopic (exact) mass is 239 g/mol. The minimum absolute atomic E-state index is 0.0546. The number of aromatic nitrogens is 2. The van der Waals surface area contributed by atoms with Gasteiger partial charge in [0.05, 0.1) is 24.4 Å². The van der Waals surface area contributed by atoms with Gasteiger partial charge in [0.25, 0.3) is 0 Å². The lowest BCUT2D eigenvalue weighted by molar-refractivity contribution is 0.0807. The van der Waals surface area contributed by atoms with E-state index in [1.807, 2.05) is 24.7 Å². The van der Waals surface area contributed by atoms with Crippen molar-refractivity contribution in [1.82, 2.24) is 15.1 Å². The summed E-state index contributed by atoms with van der Waals surface area (Å²) in [6.45, 7) is 13.0. The number of hydrogen-bond acceptors (Lipinski definition) is 3. The van der Waals surface area contributed by atoms with Crippen molar-refractivity contribution in [3.05, 3.63) is 18.0 Å². The summed E-state index contributed by atoms with van der Waals surface area (Å²) < 4.78 is 7.45. The average molecular weight is 239 g/mol. The molecule has 1 N–H and O–H groups in total. The largest absolute Gasteiger partial charge is 0.377 e. The molecule has 4 heteroatoms. The molecule has 0 spiro atoms. The molecule has 0 unspecified atom stereocenters. The molecule has 0 amide bonds. The van der Waals surface area contributed by atoms with Crippen LogP contribution in [0.25, 0.3) is 0 Å². The van der Waals surface area contributed by atoms with E-state index in [9.17, 15) is 0 Å². The highest BCUT2D eigenvalue weighted by molar-refractivity contribution is 5.04. The van der Waals surface area contributed by atoms with E-state index in [2.05, 4.69) is 37.4 Å². The Labute approximate surface area is 104 Å². The van der Waals surface area contributed by atoms with Crippen molar-refractivity contribution < 1.29 is 4.74 Å². The van der Waals surface area contributed by atoms with Gasteiger partial charge in [-0.1, -0.05) is 0 Å². The van der Waals surface area contributed by atoms with Crippen LogP contribution in [0.3, 0.4) is 0 Å². The van der Waals surface area contributed by atoms with E-state index in [4.69, 9.17) is 4.74 Å². The normalized spacial score (nSPS) is 12.4. The second-order valence-corrected chi connectivity index (χ2v) is 5.56. The molecule has 0 aromatic carbocycles. The molecule has 0 saturated carbocycles. The maximum Gasteiger partial charge on any atom is 0.0594 e. The highest BCUT2D eigenvalue weighted by atomic mass is 16.5. The summed E-state index contributed by atoms with van der Waals surface area (Å²) in [5.41, 5.74) is 1.27. The van der Waals surface area contributed by atoms with Crippen LogP contribution in [0.2, 0.25) is 0 Å². The maximum atomic E-state index is 5.46. The van der Waals surface area contributed by atoms with E-state index < -0.39 is 0 Å². The van der Waals surface area contributed by atoms with Crippen molar-refractivity contribution in [1.29, 1.82) is 0 Å². The van der Waals surface area contributed by atoms with E-state index in [1.54, 1.807) is 0 Å². The molecule has 98 valence electrons. The summed E-state index contributed by atoms with van der Waals surface area (Å²) in [6, 6.07) is 0. The Balaban J connectivity index is 2.26. The molecular formula is C13H25N3O. The lowest BCUT2D eigenvalue weighted by atomic mass is 10.1. The van der Waals surface area contributed by atoms with Gasteiger partial charge >= 0.3 is 0 Å². The van der Waals surface area contributed by atoms with Gasteiger partial charge < -0.3 is 10.1 Å². The Morgan fingerprint density at radius 2 is 2.12 bits per heavy atom. The molecule has 0 aliphatic rings. The zero-order valence-corrected chi connectivity index (χ0v) is 11.7. The fourth-order valence-electron chi connectivity index (χ4n) is 1.42. The van der Waals surface area contributed by atoms with Crippen molar-refractivity contribution in [3.63, 3.8) is 0 Å². The Kier molecular flexibility index (Phi) is 5.15. The molecule has 0 fully saturated rings. The Hall–Kier alpha value is -0.870. The van der Waals surface area contributed by atoms with Gasteiger partial charge in [-0.25, -0.2) is 0 Å². The van der Waals surface area contributed by atoms with Crippen molar-refractivity contribution in [3.8, 4) is 0 Å². The van der Waals surface area contributed by atoms with E-state index in [0.717, 1.165) is 19.7 Å². The van der Waals surface area contributed by atoms with Crippen molar-refractivity contribution in [2.75, 3.05) is 13.2 Å². The first-order chi connectivity index (χ1) is 7.89. The Morgan fingerprint density at radius 3 is 2.65 bits per heavy atom. The first-order valence-corrected chi connectivity index (χ1v) is 6.26. The van der Waals surface area contributed by atoms with E-state index in [1.165, 1.54) is 5.56 Å². The number of nitrogens with one attached hydrogen (secondary N) is 1. The van der Waals surface area contributed by atoms with Crippen LogP contribution in [0.15, 0.2) is 12.4 Å². The van der Waals surface area contributed by atoms with Gasteiger partial charge in [-0.2, -0.15) is 5.10 Å². The summed E-state index contributed by atoms with van der Waals surface area (Å²) in [5, 5.41) is 7.70. The van der Waals surface area contributed by atoms with Crippen LogP contribution in [-0.4, -0.2) is 29.0 Å². The molecular weight excluding hydrogens is 214 g/mol. The predicted molar refractivity (Wildman–Crippen MR) is 70.0 cm³/mol. The summed E-state index contributed by atoms with van der Waals surface area (Å²) in [7, 11) is 0. The standard InChI is InChI=1S/C13H25N3O/c1-11(2)17-7-6-14-8-12-9-15-16(10-12)13(3,4)5/h9-11,14H,6-8H2,1-5H3. The number of rotatable bonds is 6. The van der Waals surface area contributed by atoms with Gasteiger partial charge in [0.2, 0.25) is 0 Å². The highest BCUT2D eigenvalue weighted by Gasteiger charge is 2.13. The van der Waals surface area contributed by atoms with Crippen LogP contribution in [0.1, 0.15) is 40.2 Å². The van der Waals surface area contributed by atoms with Gasteiger partial charge in [0, 0.05) is 24.8 Å². The maximum absolute atomic E-state index is 5.46. The van der Waals surface area contributed by atoms with Crippen LogP contribution in [0.5, 0.6) is 0 Å². The lowest BCUT2D eigenvalue weighted by Crippen LogP contribution is -2.22. The summed E-state index contributed by atoms with van der Waals surface area (Å²) in [5.74, 6) is 0. The second kappa shape index (κ2) is 6.17. The van der Waals surface area contributed by atoms with E-state index in [-0.39, 0.29) is 5.54 Å². The van der Waals surface area contributed by atoms with E-state index >= 15 is 0 Å². The minimum atomic E-state index is 0.0546. The SMILES string of the molecule is CC(C)OCCNCc1cnn(C(C)(C)C)c1. The zero-order valence-electron chi connectivity index (χ0n) is 11.7. The summed E-state index contributed by atoms with van der Waals surface area (Å²) in [6.07, 6.45) is 4.32. The van der Waals surface area contributed by atoms with Gasteiger partial charge in [-0.15, -0.1) is 0 Å². The van der Waals surface area contributed by atoms with Crippen LogP contribution in [0, 0.1) is 0 Å². The Bertz CT molecular complexity index is 326. The van der Waals surface area contributed by atoms with Crippen LogP contribution >= 0.6 is 0 Å². The number of ether oxygens (including phenoxy) is 1. The molecule has 1 aromatic rings. The molecule has 0 aliphatic heterocycles. The van der Waals surface area contributed by atoms with Crippen molar-refractivity contribution >= 4 is 0 Å². The smallest absolute Gasteiger partial charge is 0.0594 e. The molecule has 4 nitrogen and oxygen atoms in total. The topological polar surface area (TPSA) is 39.1 Å². The minimum Gasteiger partial charge on any atom is -0.377 e. The summed E-state index contributed by atoms with van der Waals surface area (Å²) in [4.78, 5) is 0. The first-order valence-electron chi connectivity index (χ1n) is 6.26. The van der Waals surface area contributed by atoms with E-state index in [0.29, 0.717) is 6.10 Å². The fraction of sp³-hybridized carbons (Fsp3) is 0.769. The van der Waals surface area contributed by atoms with Gasteiger partial charge in [0.15, 0.2) is 0 Å². The van der Waals surface area contributed by atoms with Crippen molar-refractivity contribution in [2.45, 2.75) is 52.8 Å². The van der Waals surface area contributed by atoms with Crippen LogP contribution < -0.4 is 5.32 Å². The first kappa shape index (κ1) is 14.2. The number of nitrogens with zero attached hydrogens (tertiary/aromatic N) is 2. The molecule has 0 bridgehead atoms. The third-order valence-corrected chi connectivity index (χ3v) is 2.38. The van der Waals surface area contributed by atoms with Crippen LogP contribution in [0.4, 0.5) is 0 Å². The highest BCUT2D eigenvalue weighted by Crippen LogP contribution is 2.12. The molecule has 0 aliphatic carbocycles. The molecule has 1 heterocycles. The average Bonchev–Trinajstić information content (AvgIpc) is 2.64. The molecule has 17 heavy (non-hydrogen) atoms. The predicted octanol–water partition coefficient (Wildman–Crippen LogP) is 2.15. The Morgan fingerprint density at radius 1 is 1.41 bits per heavy atom. The summed E-state index contributed by atoms with van der Waals surface area (Å²) >= 11 is 0. The third kappa shape index (κ3) is 5.33. The lowest BCUT2D eigenvalue weighted by Gasteiger charge is -2.18. The molecule has 1 rings (SSSR count).